The fraction of sp³-hybridized carbons (Fsp3) is 0.375. The zero-order valence-electron chi connectivity index (χ0n) is 28.9. The maximum absolute atomic E-state index is 13.8. The zero-order valence-corrected chi connectivity index (χ0v) is 30.4. The highest BCUT2D eigenvalue weighted by Crippen LogP contribution is 2.54. The maximum atomic E-state index is 13.8. The number of nitrogens with one attached hydrogen (secondary N) is 1. The van der Waals surface area contributed by atoms with Crippen LogP contribution in [0.4, 0.5) is 5.69 Å². The van der Waals surface area contributed by atoms with Gasteiger partial charge < -0.3 is 14.6 Å². The summed E-state index contributed by atoms with van der Waals surface area (Å²) in [5, 5.41) is 4.05. The highest BCUT2D eigenvalue weighted by Gasteiger charge is 2.55. The van der Waals surface area contributed by atoms with Gasteiger partial charge in [0.1, 0.15) is 5.58 Å². The zero-order chi connectivity index (χ0) is 35.9. The van der Waals surface area contributed by atoms with Crippen LogP contribution >= 0.6 is 11.6 Å². The quantitative estimate of drug-likeness (QED) is 0.181. The largest absolute Gasteiger partial charge is 0.451 e. The first kappa shape index (κ1) is 35.0. The van der Waals surface area contributed by atoms with Gasteiger partial charge in [0.05, 0.1) is 22.9 Å². The number of halogens is 1. The standard InChI is InChI=1S/C40H42ClN3O6S/c1-43(51(2,48)49)31-18-19-36-33(21-31)35(45)22-37(50-36)39(47)42-40(24-34(40)28-14-16-30(41)17-15-28)23-26-10-12-27(13-11-26)32-8-4-3-7-29(32)25-44-20-6-5-9-38(44)46/h3-4,7-8,14-19,21-23,27,34H,5-6,9-13,20,24-25H2,1-2H3,(H,42,47). The Hall–Kier alpha value is -4.41. The van der Waals surface area contributed by atoms with E-state index in [1.807, 2.05) is 29.2 Å². The van der Waals surface area contributed by atoms with Crippen LogP contribution in [0.5, 0.6) is 0 Å². The number of anilines is 1. The van der Waals surface area contributed by atoms with Gasteiger partial charge in [0.25, 0.3) is 5.91 Å². The van der Waals surface area contributed by atoms with Gasteiger partial charge in [0.15, 0.2) is 11.2 Å². The predicted octanol–water partition coefficient (Wildman–Crippen LogP) is 7.30. The molecule has 0 spiro atoms. The Balaban J connectivity index is 1.11. The summed E-state index contributed by atoms with van der Waals surface area (Å²) < 4.78 is 31.1. The first-order valence-corrected chi connectivity index (χ1v) is 19.8. The van der Waals surface area contributed by atoms with Gasteiger partial charge in [0.2, 0.25) is 15.9 Å². The summed E-state index contributed by atoms with van der Waals surface area (Å²) >= 11 is 6.20. The number of hydrogen-bond acceptors (Lipinski definition) is 6. The van der Waals surface area contributed by atoms with Crippen LogP contribution in [0.3, 0.4) is 0 Å². The Morgan fingerprint density at radius 3 is 2.49 bits per heavy atom. The van der Waals surface area contributed by atoms with Gasteiger partial charge in [-0.3, -0.25) is 18.7 Å². The number of fused-ring (bicyclic) bond motifs is 1. The van der Waals surface area contributed by atoms with E-state index in [9.17, 15) is 22.8 Å². The van der Waals surface area contributed by atoms with E-state index in [4.69, 9.17) is 16.0 Å². The van der Waals surface area contributed by atoms with Crippen LogP contribution in [-0.4, -0.2) is 50.5 Å². The van der Waals surface area contributed by atoms with Gasteiger partial charge in [-0.15, -0.1) is 0 Å². The van der Waals surface area contributed by atoms with Crippen molar-refractivity contribution in [3.63, 3.8) is 0 Å². The van der Waals surface area contributed by atoms with E-state index in [-0.39, 0.29) is 28.6 Å². The van der Waals surface area contributed by atoms with Crippen molar-refractivity contribution in [3.05, 3.63) is 122 Å². The summed E-state index contributed by atoms with van der Waals surface area (Å²) in [5.74, 6) is 0.0532. The topological polar surface area (TPSA) is 117 Å². The Bertz CT molecular complexity index is 2190. The van der Waals surface area contributed by atoms with Crippen molar-refractivity contribution in [1.29, 1.82) is 0 Å². The molecule has 4 aromatic rings. The van der Waals surface area contributed by atoms with E-state index in [1.165, 1.54) is 41.9 Å². The molecule has 2 amide bonds. The molecule has 2 unspecified atom stereocenters. The molecule has 2 saturated carbocycles. The summed E-state index contributed by atoms with van der Waals surface area (Å²) in [6.07, 6.45) is 10.4. The number of rotatable bonds is 9. The highest BCUT2D eigenvalue weighted by molar-refractivity contribution is 7.92. The molecule has 11 heteroatoms. The second-order valence-corrected chi connectivity index (χ2v) is 16.7. The minimum atomic E-state index is -3.53. The lowest BCUT2D eigenvalue weighted by atomic mass is 9.79. The Labute approximate surface area is 303 Å². The molecule has 2 aliphatic carbocycles. The van der Waals surface area contributed by atoms with Gasteiger partial charge in [0, 0.05) is 43.6 Å². The fourth-order valence-electron chi connectivity index (χ4n) is 7.76. The third kappa shape index (κ3) is 7.48. The number of likely N-dealkylation sites (tertiary alicyclic amines) is 1. The molecule has 1 N–H and O–H groups in total. The van der Waals surface area contributed by atoms with Crippen LogP contribution in [0.15, 0.2) is 93.7 Å². The third-order valence-corrected chi connectivity index (χ3v) is 12.2. The average molecular weight is 728 g/mol. The van der Waals surface area contributed by atoms with Crippen LogP contribution in [0, 0.1) is 0 Å². The van der Waals surface area contributed by atoms with Gasteiger partial charge in [-0.25, -0.2) is 8.42 Å². The summed E-state index contributed by atoms with van der Waals surface area (Å²) in [7, 11) is -2.12. The maximum Gasteiger partial charge on any atom is 0.287 e. The van der Waals surface area contributed by atoms with E-state index < -0.39 is 26.9 Å². The highest BCUT2D eigenvalue weighted by atomic mass is 35.5. The second kappa shape index (κ2) is 14.0. The fourth-order valence-corrected chi connectivity index (χ4v) is 8.38. The molecule has 266 valence electrons. The summed E-state index contributed by atoms with van der Waals surface area (Å²) in [6, 6.07) is 21.9. The molecule has 3 fully saturated rings. The number of piperidine rings is 1. The first-order chi connectivity index (χ1) is 24.4. The first-order valence-electron chi connectivity index (χ1n) is 17.6. The van der Waals surface area contributed by atoms with E-state index in [0.717, 1.165) is 61.2 Å². The summed E-state index contributed by atoms with van der Waals surface area (Å²) in [5.41, 5.74) is 4.32. The van der Waals surface area contributed by atoms with Crippen LogP contribution in [0.25, 0.3) is 11.0 Å². The van der Waals surface area contributed by atoms with Crippen molar-refractivity contribution in [2.24, 2.45) is 0 Å². The van der Waals surface area contributed by atoms with Crippen molar-refractivity contribution in [1.82, 2.24) is 10.2 Å². The Morgan fingerprint density at radius 1 is 1.02 bits per heavy atom. The Kier molecular flexibility index (Phi) is 9.58. The molecule has 3 aliphatic rings. The van der Waals surface area contributed by atoms with Gasteiger partial charge >= 0.3 is 0 Å². The summed E-state index contributed by atoms with van der Waals surface area (Å²) in [4.78, 5) is 41.6. The van der Waals surface area contributed by atoms with Crippen LogP contribution in [0.2, 0.25) is 5.02 Å². The molecule has 7 rings (SSSR count). The molecule has 9 nitrogen and oxygen atoms in total. The average Bonchev–Trinajstić information content (AvgIpc) is 3.81. The molecule has 1 saturated heterocycles. The van der Waals surface area contributed by atoms with E-state index in [2.05, 4.69) is 35.7 Å². The number of carbonyl (C=O) groups excluding carboxylic acids is 2. The number of hydrogen-bond donors (Lipinski definition) is 1. The number of benzene rings is 3. The lowest BCUT2D eigenvalue weighted by molar-refractivity contribution is -0.133. The number of sulfonamides is 1. The van der Waals surface area contributed by atoms with Crippen molar-refractivity contribution in [3.8, 4) is 0 Å². The van der Waals surface area contributed by atoms with Crippen LogP contribution in [-0.2, 0) is 21.4 Å². The molecule has 2 heterocycles. The van der Waals surface area contributed by atoms with Crippen LogP contribution in [0.1, 0.15) is 90.4 Å². The number of carbonyl (C=O) groups is 2. The minimum Gasteiger partial charge on any atom is -0.451 e. The molecule has 1 aromatic heterocycles. The van der Waals surface area contributed by atoms with Crippen molar-refractivity contribution in [2.75, 3.05) is 24.2 Å². The third-order valence-electron chi connectivity index (χ3n) is 10.8. The van der Waals surface area contributed by atoms with Crippen molar-refractivity contribution < 1.29 is 22.4 Å². The molecule has 0 radical (unpaired) electrons. The van der Waals surface area contributed by atoms with E-state index in [1.54, 1.807) is 6.07 Å². The lowest BCUT2D eigenvalue weighted by Gasteiger charge is -2.31. The molecular weight excluding hydrogens is 686 g/mol. The molecule has 51 heavy (non-hydrogen) atoms. The Morgan fingerprint density at radius 2 is 1.76 bits per heavy atom. The SMILES string of the molecule is CN(c1ccc2oc(C(=O)NC3(C=C4CCC(c5ccccc5CN5CCCCC5=O)CC4)CC3c3ccc(Cl)cc3)cc(=O)c2c1)S(C)(=O)=O. The normalized spacial score (nSPS) is 22.1. The smallest absolute Gasteiger partial charge is 0.287 e. The van der Waals surface area contributed by atoms with Crippen molar-refractivity contribution >= 4 is 50.1 Å². The molecule has 2 atom stereocenters. The second-order valence-electron chi connectivity index (χ2n) is 14.2. The van der Waals surface area contributed by atoms with E-state index >= 15 is 0 Å². The van der Waals surface area contributed by atoms with Gasteiger partial charge in [-0.1, -0.05) is 59.6 Å². The molecular formula is C40H42ClN3O6S. The number of nitrogens with zero attached hydrogens (tertiary/aromatic N) is 2. The number of allylic oxidation sites excluding steroid dienone is 1. The number of amides is 2. The molecule has 3 aromatic carbocycles. The summed E-state index contributed by atoms with van der Waals surface area (Å²) in [6.45, 7) is 1.48. The monoisotopic (exact) mass is 727 g/mol. The molecule has 0 bridgehead atoms. The van der Waals surface area contributed by atoms with E-state index in [0.29, 0.717) is 36.0 Å². The minimum absolute atomic E-state index is 0.0213. The van der Waals surface area contributed by atoms with Gasteiger partial charge in [-0.2, -0.15) is 0 Å². The van der Waals surface area contributed by atoms with Crippen LogP contribution < -0.4 is 15.1 Å². The lowest BCUT2D eigenvalue weighted by Crippen LogP contribution is -2.37. The van der Waals surface area contributed by atoms with Gasteiger partial charge in [-0.05, 0) is 97.9 Å². The predicted molar refractivity (Wildman–Crippen MR) is 200 cm³/mol. The molecule has 1 aliphatic heterocycles. The van der Waals surface area contributed by atoms with Crippen molar-refractivity contribution in [2.45, 2.75) is 75.3 Å².